The molecule has 0 aliphatic heterocycles. The van der Waals surface area contributed by atoms with E-state index in [1.165, 1.54) is 42.7 Å². The van der Waals surface area contributed by atoms with E-state index in [2.05, 4.69) is 21.4 Å². The van der Waals surface area contributed by atoms with Crippen LogP contribution in [0, 0.1) is 0 Å². The van der Waals surface area contributed by atoms with Crippen molar-refractivity contribution >= 4 is 11.6 Å². The molecule has 1 aliphatic rings. The lowest BCUT2D eigenvalue weighted by Crippen LogP contribution is -2.38. The zero-order chi connectivity index (χ0) is 18.3. The zero-order valence-electron chi connectivity index (χ0n) is 14.2. The fourth-order valence-corrected chi connectivity index (χ4v) is 2.70. The number of rotatable bonds is 7. The second-order valence-corrected chi connectivity index (χ2v) is 6.09. The lowest BCUT2D eigenvalue weighted by atomic mass is 9.97. The van der Waals surface area contributed by atoms with Crippen molar-refractivity contribution in [1.29, 1.82) is 0 Å². The Morgan fingerprint density at radius 1 is 1.24 bits per heavy atom. The van der Waals surface area contributed by atoms with Crippen molar-refractivity contribution in [2.24, 2.45) is 0 Å². The van der Waals surface area contributed by atoms with Crippen molar-refractivity contribution in [2.45, 2.75) is 51.4 Å². The predicted octanol–water partition coefficient (Wildman–Crippen LogP) is 4.39. The number of hydrogen-bond donors (Lipinski definition) is 2. The van der Waals surface area contributed by atoms with E-state index < -0.39 is 12.4 Å². The monoisotopic (exact) mass is 356 g/mol. The van der Waals surface area contributed by atoms with Gasteiger partial charge in [-0.15, -0.1) is 13.2 Å². The molecule has 1 aromatic rings. The number of alkyl halides is 3. The molecule has 2 N–H and O–H groups in total. The summed E-state index contributed by atoms with van der Waals surface area (Å²) in [5.41, 5.74) is 1.94. The van der Waals surface area contributed by atoms with Crippen LogP contribution in [0.5, 0.6) is 5.75 Å². The van der Waals surface area contributed by atoms with Crippen LogP contribution >= 0.6 is 0 Å². The first-order valence-corrected chi connectivity index (χ1v) is 8.41. The standard InChI is InChI=1S/C18H23F3N2O2/c1-13(17(24)22-12-11-14-5-3-2-4-6-14)23-15-7-9-16(10-8-15)25-18(19,20)21/h5,7-10,13,23H,2-4,6,11-12H2,1H3,(H,22,24)/t13-/m1/s1. The molecular weight excluding hydrogens is 333 g/mol. The molecule has 25 heavy (non-hydrogen) atoms. The first-order chi connectivity index (χ1) is 11.8. The number of ether oxygens (including phenoxy) is 1. The van der Waals surface area contributed by atoms with Crippen LogP contribution in [0.3, 0.4) is 0 Å². The van der Waals surface area contributed by atoms with Crippen LogP contribution < -0.4 is 15.4 Å². The third kappa shape index (κ3) is 7.07. The maximum Gasteiger partial charge on any atom is 0.573 e. The molecule has 0 spiro atoms. The van der Waals surface area contributed by atoms with E-state index in [1.807, 2.05) is 0 Å². The molecular formula is C18H23F3N2O2. The molecule has 0 radical (unpaired) electrons. The van der Waals surface area contributed by atoms with E-state index >= 15 is 0 Å². The zero-order valence-corrected chi connectivity index (χ0v) is 14.2. The third-order valence-electron chi connectivity index (χ3n) is 3.99. The smallest absolute Gasteiger partial charge is 0.406 e. The number of halogens is 3. The number of carbonyl (C=O) groups excluding carboxylic acids is 1. The quantitative estimate of drug-likeness (QED) is 0.713. The van der Waals surface area contributed by atoms with E-state index in [0.29, 0.717) is 12.2 Å². The Labute approximate surface area is 145 Å². The second kappa shape index (κ2) is 8.78. The minimum absolute atomic E-state index is 0.146. The highest BCUT2D eigenvalue weighted by molar-refractivity contribution is 5.84. The van der Waals surface area contributed by atoms with Crippen molar-refractivity contribution in [3.05, 3.63) is 35.9 Å². The highest BCUT2D eigenvalue weighted by atomic mass is 19.4. The van der Waals surface area contributed by atoms with Crippen LogP contribution in [0.15, 0.2) is 35.9 Å². The van der Waals surface area contributed by atoms with Crippen LogP contribution in [0.25, 0.3) is 0 Å². The Hall–Kier alpha value is -2.18. The van der Waals surface area contributed by atoms with Gasteiger partial charge >= 0.3 is 6.36 Å². The molecule has 2 rings (SSSR count). The number of benzene rings is 1. The summed E-state index contributed by atoms with van der Waals surface area (Å²) in [4.78, 5) is 12.1. The van der Waals surface area contributed by atoms with Crippen LogP contribution in [0.2, 0.25) is 0 Å². The van der Waals surface area contributed by atoms with Crippen LogP contribution in [-0.4, -0.2) is 24.9 Å². The van der Waals surface area contributed by atoms with Gasteiger partial charge in [-0.2, -0.15) is 0 Å². The molecule has 1 aromatic carbocycles. The number of hydrogen-bond acceptors (Lipinski definition) is 3. The van der Waals surface area contributed by atoms with Gasteiger partial charge in [-0.3, -0.25) is 4.79 Å². The Morgan fingerprint density at radius 2 is 1.96 bits per heavy atom. The van der Waals surface area contributed by atoms with Crippen molar-refractivity contribution in [3.8, 4) is 5.75 Å². The summed E-state index contributed by atoms with van der Waals surface area (Å²) in [5.74, 6) is -0.442. The fourth-order valence-electron chi connectivity index (χ4n) is 2.70. The molecule has 0 fully saturated rings. The highest BCUT2D eigenvalue weighted by Gasteiger charge is 2.31. The van der Waals surface area contributed by atoms with Gasteiger partial charge in [0.15, 0.2) is 0 Å². The average molecular weight is 356 g/mol. The van der Waals surface area contributed by atoms with Crippen molar-refractivity contribution in [3.63, 3.8) is 0 Å². The minimum Gasteiger partial charge on any atom is -0.406 e. The van der Waals surface area contributed by atoms with Crippen molar-refractivity contribution < 1.29 is 22.7 Å². The molecule has 1 aliphatic carbocycles. The van der Waals surface area contributed by atoms with Gasteiger partial charge < -0.3 is 15.4 Å². The molecule has 0 saturated heterocycles. The molecule has 0 bridgehead atoms. The number of allylic oxidation sites excluding steroid dienone is 1. The highest BCUT2D eigenvalue weighted by Crippen LogP contribution is 2.24. The van der Waals surface area contributed by atoms with Gasteiger partial charge in [-0.1, -0.05) is 11.6 Å². The molecule has 7 heteroatoms. The van der Waals surface area contributed by atoms with Gasteiger partial charge in [0, 0.05) is 12.2 Å². The number of amides is 1. The molecule has 0 saturated carbocycles. The van der Waals surface area contributed by atoms with Crippen LogP contribution in [0.1, 0.15) is 39.0 Å². The molecule has 1 atom stereocenters. The largest absolute Gasteiger partial charge is 0.573 e. The topological polar surface area (TPSA) is 50.4 Å². The number of anilines is 1. The number of carbonyl (C=O) groups is 1. The van der Waals surface area contributed by atoms with Gasteiger partial charge in [0.25, 0.3) is 0 Å². The summed E-state index contributed by atoms with van der Waals surface area (Å²) < 4.78 is 40.2. The van der Waals surface area contributed by atoms with E-state index in [-0.39, 0.29) is 11.7 Å². The number of nitrogens with one attached hydrogen (secondary N) is 2. The Bertz CT molecular complexity index is 597. The average Bonchev–Trinajstić information content (AvgIpc) is 2.56. The third-order valence-corrected chi connectivity index (χ3v) is 3.99. The van der Waals surface area contributed by atoms with Gasteiger partial charge in [-0.25, -0.2) is 0 Å². The van der Waals surface area contributed by atoms with Crippen LogP contribution in [0.4, 0.5) is 18.9 Å². The van der Waals surface area contributed by atoms with E-state index in [4.69, 9.17) is 0 Å². The van der Waals surface area contributed by atoms with E-state index in [1.54, 1.807) is 6.92 Å². The van der Waals surface area contributed by atoms with Gasteiger partial charge in [0.05, 0.1) is 0 Å². The van der Waals surface area contributed by atoms with E-state index in [9.17, 15) is 18.0 Å². The molecule has 1 amide bonds. The molecule has 0 unspecified atom stereocenters. The molecule has 4 nitrogen and oxygen atoms in total. The molecule has 0 aromatic heterocycles. The first-order valence-electron chi connectivity index (χ1n) is 8.41. The summed E-state index contributed by atoms with van der Waals surface area (Å²) in [7, 11) is 0. The van der Waals surface area contributed by atoms with Gasteiger partial charge in [-0.05, 0) is 63.3 Å². The molecule has 0 heterocycles. The lowest BCUT2D eigenvalue weighted by molar-refractivity contribution is -0.274. The van der Waals surface area contributed by atoms with Crippen molar-refractivity contribution in [1.82, 2.24) is 5.32 Å². The van der Waals surface area contributed by atoms with E-state index in [0.717, 1.165) is 19.3 Å². The minimum atomic E-state index is -4.71. The maximum atomic E-state index is 12.1. The molecule has 138 valence electrons. The summed E-state index contributed by atoms with van der Waals surface area (Å²) in [5, 5.41) is 5.83. The van der Waals surface area contributed by atoms with Crippen LogP contribution in [-0.2, 0) is 4.79 Å². The summed E-state index contributed by atoms with van der Waals surface area (Å²) in [6, 6.07) is 4.80. The maximum absolute atomic E-state index is 12.1. The summed E-state index contributed by atoms with van der Waals surface area (Å²) >= 11 is 0. The summed E-state index contributed by atoms with van der Waals surface area (Å²) in [6.07, 6.45) is 3.08. The SMILES string of the molecule is C[C@@H](Nc1ccc(OC(F)(F)F)cc1)C(=O)NCCC1=CCCCC1. The fraction of sp³-hybridized carbons (Fsp3) is 0.500. The normalized spacial score (nSPS) is 15.9. The summed E-state index contributed by atoms with van der Waals surface area (Å²) in [6.45, 7) is 2.30. The van der Waals surface area contributed by atoms with Gasteiger partial charge in [0.2, 0.25) is 5.91 Å². The second-order valence-electron chi connectivity index (χ2n) is 6.09. The lowest BCUT2D eigenvalue weighted by Gasteiger charge is -2.17. The van der Waals surface area contributed by atoms with Crippen molar-refractivity contribution in [2.75, 3.05) is 11.9 Å². The first kappa shape index (κ1) is 19.1. The Kier molecular flexibility index (Phi) is 6.73. The Morgan fingerprint density at radius 3 is 2.56 bits per heavy atom. The Balaban J connectivity index is 1.75. The van der Waals surface area contributed by atoms with Gasteiger partial charge in [0.1, 0.15) is 11.8 Å². The predicted molar refractivity (Wildman–Crippen MR) is 90.4 cm³/mol.